The summed E-state index contributed by atoms with van der Waals surface area (Å²) in [5, 5.41) is 0. The van der Waals surface area contributed by atoms with E-state index in [0.29, 0.717) is 13.0 Å². The lowest BCUT2D eigenvalue weighted by molar-refractivity contribution is -0.133. The monoisotopic (exact) mass is 207 g/mol. The molecule has 0 bridgehead atoms. The van der Waals surface area contributed by atoms with E-state index in [2.05, 4.69) is 5.48 Å². The van der Waals surface area contributed by atoms with Gasteiger partial charge in [-0.05, 0) is 18.4 Å². The summed E-state index contributed by atoms with van der Waals surface area (Å²) in [5.74, 6) is -0.0504. The Morgan fingerprint density at radius 3 is 2.73 bits per heavy atom. The first-order chi connectivity index (χ1) is 7.33. The first-order valence-electron chi connectivity index (χ1n) is 5.27. The van der Waals surface area contributed by atoms with E-state index in [1.807, 2.05) is 37.3 Å². The molecular weight excluding hydrogens is 190 g/mol. The van der Waals surface area contributed by atoms with Crippen molar-refractivity contribution < 1.29 is 9.63 Å². The fourth-order valence-electron chi connectivity index (χ4n) is 1.22. The molecule has 1 N–H and O–H groups in total. The van der Waals surface area contributed by atoms with E-state index >= 15 is 0 Å². The van der Waals surface area contributed by atoms with Crippen LogP contribution in [0.2, 0.25) is 0 Å². The van der Waals surface area contributed by atoms with Crippen LogP contribution in [-0.4, -0.2) is 12.5 Å². The quantitative estimate of drug-likeness (QED) is 0.573. The number of carbonyl (C=O) groups is 1. The Morgan fingerprint density at radius 1 is 1.33 bits per heavy atom. The molecule has 1 rings (SSSR count). The van der Waals surface area contributed by atoms with Gasteiger partial charge in [-0.25, -0.2) is 5.48 Å². The average Bonchev–Trinajstić information content (AvgIpc) is 2.26. The number of nitrogens with one attached hydrogen (secondary N) is 1. The zero-order chi connectivity index (χ0) is 10.9. The molecule has 3 heteroatoms. The van der Waals surface area contributed by atoms with E-state index in [-0.39, 0.29) is 5.91 Å². The molecule has 0 atom stereocenters. The van der Waals surface area contributed by atoms with Crippen LogP contribution in [-0.2, 0) is 16.1 Å². The van der Waals surface area contributed by atoms with Crippen molar-refractivity contribution in [3.05, 3.63) is 35.9 Å². The molecule has 3 nitrogen and oxygen atoms in total. The molecule has 0 aromatic heterocycles. The molecule has 15 heavy (non-hydrogen) atoms. The predicted octanol–water partition coefficient (Wildman–Crippen LogP) is 2.08. The second-order valence-corrected chi connectivity index (χ2v) is 3.36. The smallest absolute Gasteiger partial charge is 0.243 e. The summed E-state index contributed by atoms with van der Waals surface area (Å²) in [6, 6.07) is 10.0. The molecule has 0 aliphatic heterocycles. The van der Waals surface area contributed by atoms with Crippen LogP contribution in [0.15, 0.2) is 30.3 Å². The van der Waals surface area contributed by atoms with Gasteiger partial charge in [0.1, 0.15) is 0 Å². The van der Waals surface area contributed by atoms with Gasteiger partial charge >= 0.3 is 0 Å². The SMILES string of the molecule is CCCC(=O)NOCCc1ccccc1. The van der Waals surface area contributed by atoms with Crippen LogP contribution in [0, 0.1) is 0 Å². The first-order valence-corrected chi connectivity index (χ1v) is 5.27. The molecule has 0 aliphatic rings. The van der Waals surface area contributed by atoms with Crippen molar-refractivity contribution >= 4 is 5.91 Å². The molecule has 0 fully saturated rings. The molecule has 0 aliphatic carbocycles. The van der Waals surface area contributed by atoms with Gasteiger partial charge in [-0.3, -0.25) is 9.63 Å². The van der Waals surface area contributed by atoms with Crippen LogP contribution in [0.1, 0.15) is 25.3 Å². The van der Waals surface area contributed by atoms with Gasteiger partial charge in [0.15, 0.2) is 0 Å². The van der Waals surface area contributed by atoms with E-state index in [1.54, 1.807) is 0 Å². The standard InChI is InChI=1S/C12H17NO2/c1-2-6-12(14)13-15-10-9-11-7-4-3-5-8-11/h3-5,7-8H,2,6,9-10H2,1H3,(H,13,14). The molecule has 0 radical (unpaired) electrons. The third-order valence-corrected chi connectivity index (χ3v) is 2.00. The molecule has 1 aromatic carbocycles. The second-order valence-electron chi connectivity index (χ2n) is 3.36. The van der Waals surface area contributed by atoms with Crippen LogP contribution in [0.3, 0.4) is 0 Å². The Morgan fingerprint density at radius 2 is 2.07 bits per heavy atom. The number of hydroxylamine groups is 1. The molecule has 82 valence electrons. The number of amides is 1. The lowest BCUT2D eigenvalue weighted by Gasteiger charge is -2.04. The maximum Gasteiger partial charge on any atom is 0.243 e. The summed E-state index contributed by atoms with van der Waals surface area (Å²) < 4.78 is 0. The van der Waals surface area contributed by atoms with Gasteiger partial charge in [0.2, 0.25) is 5.91 Å². The maximum atomic E-state index is 11.0. The summed E-state index contributed by atoms with van der Waals surface area (Å²) in [4.78, 5) is 16.1. The number of hydrogen-bond donors (Lipinski definition) is 1. The van der Waals surface area contributed by atoms with Crippen molar-refractivity contribution in [2.45, 2.75) is 26.2 Å². The van der Waals surface area contributed by atoms with Crippen molar-refractivity contribution in [1.29, 1.82) is 0 Å². The molecule has 0 heterocycles. The van der Waals surface area contributed by atoms with Crippen molar-refractivity contribution in [3.63, 3.8) is 0 Å². The number of hydrogen-bond acceptors (Lipinski definition) is 2. The van der Waals surface area contributed by atoms with Crippen molar-refractivity contribution in [3.8, 4) is 0 Å². The van der Waals surface area contributed by atoms with Crippen LogP contribution < -0.4 is 5.48 Å². The van der Waals surface area contributed by atoms with Crippen molar-refractivity contribution in [2.24, 2.45) is 0 Å². The highest BCUT2D eigenvalue weighted by atomic mass is 16.6. The Kier molecular flexibility index (Phi) is 5.48. The fraction of sp³-hybridized carbons (Fsp3) is 0.417. The number of carbonyl (C=O) groups excluding carboxylic acids is 1. The Hall–Kier alpha value is -1.35. The van der Waals surface area contributed by atoms with E-state index < -0.39 is 0 Å². The van der Waals surface area contributed by atoms with E-state index in [0.717, 1.165) is 12.8 Å². The molecule has 1 amide bonds. The molecular formula is C12H17NO2. The maximum absolute atomic E-state index is 11.0. The van der Waals surface area contributed by atoms with Crippen LogP contribution in [0.25, 0.3) is 0 Å². The minimum atomic E-state index is -0.0504. The molecule has 1 aromatic rings. The van der Waals surface area contributed by atoms with Gasteiger partial charge in [0.05, 0.1) is 6.61 Å². The van der Waals surface area contributed by atoms with Gasteiger partial charge in [-0.2, -0.15) is 0 Å². The van der Waals surface area contributed by atoms with Gasteiger partial charge < -0.3 is 0 Å². The number of benzene rings is 1. The van der Waals surface area contributed by atoms with Gasteiger partial charge in [-0.15, -0.1) is 0 Å². The molecule has 0 saturated carbocycles. The third kappa shape index (κ3) is 5.18. The Labute approximate surface area is 90.4 Å². The normalized spacial score (nSPS) is 9.93. The average molecular weight is 207 g/mol. The predicted molar refractivity (Wildman–Crippen MR) is 59.1 cm³/mol. The second kappa shape index (κ2) is 7.01. The number of rotatable bonds is 6. The lowest BCUT2D eigenvalue weighted by Crippen LogP contribution is -2.24. The Balaban J connectivity index is 2.10. The van der Waals surface area contributed by atoms with Gasteiger partial charge in [0.25, 0.3) is 0 Å². The van der Waals surface area contributed by atoms with Crippen molar-refractivity contribution in [1.82, 2.24) is 5.48 Å². The zero-order valence-electron chi connectivity index (χ0n) is 9.03. The van der Waals surface area contributed by atoms with Crippen LogP contribution >= 0.6 is 0 Å². The highest BCUT2D eigenvalue weighted by molar-refractivity contribution is 5.74. The van der Waals surface area contributed by atoms with Crippen LogP contribution in [0.4, 0.5) is 0 Å². The largest absolute Gasteiger partial charge is 0.273 e. The van der Waals surface area contributed by atoms with E-state index in [4.69, 9.17) is 4.84 Å². The summed E-state index contributed by atoms with van der Waals surface area (Å²) in [5.41, 5.74) is 3.63. The minimum absolute atomic E-state index is 0.0504. The van der Waals surface area contributed by atoms with Gasteiger partial charge in [0, 0.05) is 6.42 Å². The highest BCUT2D eigenvalue weighted by Crippen LogP contribution is 1.98. The lowest BCUT2D eigenvalue weighted by atomic mass is 10.2. The Bertz CT molecular complexity index is 285. The topological polar surface area (TPSA) is 38.3 Å². The highest BCUT2D eigenvalue weighted by Gasteiger charge is 1.98. The molecule has 0 spiro atoms. The van der Waals surface area contributed by atoms with E-state index in [1.165, 1.54) is 5.56 Å². The first kappa shape index (κ1) is 11.7. The summed E-state index contributed by atoms with van der Waals surface area (Å²) in [6.07, 6.45) is 2.17. The van der Waals surface area contributed by atoms with Gasteiger partial charge in [-0.1, -0.05) is 37.3 Å². The molecule has 0 unspecified atom stereocenters. The summed E-state index contributed by atoms with van der Waals surface area (Å²) >= 11 is 0. The van der Waals surface area contributed by atoms with Crippen LogP contribution in [0.5, 0.6) is 0 Å². The zero-order valence-corrected chi connectivity index (χ0v) is 9.03. The minimum Gasteiger partial charge on any atom is -0.273 e. The summed E-state index contributed by atoms with van der Waals surface area (Å²) in [7, 11) is 0. The van der Waals surface area contributed by atoms with Crippen molar-refractivity contribution in [2.75, 3.05) is 6.61 Å². The molecule has 0 saturated heterocycles. The fourth-order valence-corrected chi connectivity index (χ4v) is 1.22. The summed E-state index contributed by atoms with van der Waals surface area (Å²) in [6.45, 7) is 2.48. The van der Waals surface area contributed by atoms with E-state index in [9.17, 15) is 4.79 Å². The third-order valence-electron chi connectivity index (χ3n) is 2.00.